The molecule has 2 aromatic rings. The molecular formula is C17H18N2O5. The number of ether oxygens (including phenoxy) is 3. The van der Waals surface area contributed by atoms with Crippen molar-refractivity contribution in [2.75, 3.05) is 32.0 Å². The van der Waals surface area contributed by atoms with Crippen molar-refractivity contribution in [3.63, 3.8) is 0 Å². The van der Waals surface area contributed by atoms with E-state index in [0.29, 0.717) is 22.9 Å². The van der Waals surface area contributed by atoms with Crippen LogP contribution >= 0.6 is 0 Å². The molecule has 0 aliphatic heterocycles. The number of benzene rings is 2. The molecule has 0 unspecified atom stereocenters. The van der Waals surface area contributed by atoms with Gasteiger partial charge in [0.1, 0.15) is 11.5 Å². The van der Waals surface area contributed by atoms with Gasteiger partial charge >= 0.3 is 12.0 Å². The molecule has 0 saturated carbocycles. The fourth-order valence-electron chi connectivity index (χ4n) is 2.04. The lowest BCUT2D eigenvalue weighted by molar-refractivity contribution is 0.0602. The van der Waals surface area contributed by atoms with Crippen molar-refractivity contribution in [2.45, 2.75) is 0 Å². The van der Waals surface area contributed by atoms with Crippen LogP contribution in [-0.4, -0.2) is 33.3 Å². The Morgan fingerprint density at radius 3 is 2.08 bits per heavy atom. The van der Waals surface area contributed by atoms with Crippen LogP contribution in [0.25, 0.3) is 0 Å². The summed E-state index contributed by atoms with van der Waals surface area (Å²) in [6.07, 6.45) is 0. The summed E-state index contributed by atoms with van der Waals surface area (Å²) < 4.78 is 15.0. The summed E-state index contributed by atoms with van der Waals surface area (Å²) in [5, 5.41) is 5.28. The van der Waals surface area contributed by atoms with Crippen LogP contribution in [0.1, 0.15) is 10.4 Å². The van der Waals surface area contributed by atoms with Crippen molar-refractivity contribution in [1.82, 2.24) is 0 Å². The van der Waals surface area contributed by atoms with Crippen molar-refractivity contribution in [2.24, 2.45) is 0 Å². The maximum absolute atomic E-state index is 12.2. The fraction of sp³-hybridized carbons (Fsp3) is 0.176. The number of carbonyl (C=O) groups excluding carboxylic acids is 2. The molecule has 0 fully saturated rings. The summed E-state index contributed by atoms with van der Waals surface area (Å²) >= 11 is 0. The standard InChI is InChI=1S/C17H18N2O5/c1-22-12-8-11(9-13(10-12)23-2)18-17(21)19-15-7-5-4-6-14(15)16(20)24-3/h4-10H,1-3H3,(H2,18,19,21). The Morgan fingerprint density at radius 1 is 0.875 bits per heavy atom. The molecule has 126 valence electrons. The van der Waals surface area contributed by atoms with Gasteiger partial charge in [0.05, 0.1) is 32.6 Å². The van der Waals surface area contributed by atoms with Crippen LogP contribution in [-0.2, 0) is 4.74 Å². The van der Waals surface area contributed by atoms with Crippen LogP contribution in [0, 0.1) is 0 Å². The predicted molar refractivity (Wildman–Crippen MR) is 90.0 cm³/mol. The largest absolute Gasteiger partial charge is 0.497 e. The predicted octanol–water partition coefficient (Wildman–Crippen LogP) is 3.13. The Balaban J connectivity index is 2.16. The quantitative estimate of drug-likeness (QED) is 0.823. The smallest absolute Gasteiger partial charge is 0.339 e. The molecule has 2 rings (SSSR count). The van der Waals surface area contributed by atoms with E-state index in [9.17, 15) is 9.59 Å². The van der Waals surface area contributed by atoms with Gasteiger partial charge in [-0.3, -0.25) is 0 Å². The van der Waals surface area contributed by atoms with Crippen molar-refractivity contribution in [3.05, 3.63) is 48.0 Å². The Bertz CT molecular complexity index is 723. The van der Waals surface area contributed by atoms with E-state index in [0.717, 1.165) is 0 Å². The van der Waals surface area contributed by atoms with Gasteiger partial charge in [-0.25, -0.2) is 9.59 Å². The number of carbonyl (C=O) groups is 2. The molecule has 7 heteroatoms. The third-order valence-electron chi connectivity index (χ3n) is 3.19. The summed E-state index contributed by atoms with van der Waals surface area (Å²) in [7, 11) is 4.32. The van der Waals surface area contributed by atoms with E-state index in [1.165, 1.54) is 21.3 Å². The molecule has 0 saturated heterocycles. The fourth-order valence-corrected chi connectivity index (χ4v) is 2.04. The molecular weight excluding hydrogens is 312 g/mol. The second-order valence-corrected chi connectivity index (χ2v) is 4.72. The first-order valence-electron chi connectivity index (χ1n) is 7.05. The second-order valence-electron chi connectivity index (χ2n) is 4.72. The van der Waals surface area contributed by atoms with Gasteiger partial charge in [0.25, 0.3) is 0 Å². The van der Waals surface area contributed by atoms with Gasteiger partial charge in [-0.2, -0.15) is 0 Å². The molecule has 0 aromatic heterocycles. The van der Waals surface area contributed by atoms with Crippen molar-refractivity contribution < 1.29 is 23.8 Å². The minimum atomic E-state index is -0.533. The zero-order chi connectivity index (χ0) is 17.5. The van der Waals surface area contributed by atoms with Gasteiger partial charge in [-0.15, -0.1) is 0 Å². The number of amides is 2. The first kappa shape index (κ1) is 17.1. The van der Waals surface area contributed by atoms with E-state index in [4.69, 9.17) is 14.2 Å². The summed E-state index contributed by atoms with van der Waals surface area (Å²) in [6.45, 7) is 0. The molecule has 0 bridgehead atoms. The molecule has 7 nitrogen and oxygen atoms in total. The summed E-state index contributed by atoms with van der Waals surface area (Å²) in [6, 6.07) is 11.0. The van der Waals surface area contributed by atoms with Crippen LogP contribution in [0.5, 0.6) is 11.5 Å². The van der Waals surface area contributed by atoms with Gasteiger partial charge in [0.15, 0.2) is 0 Å². The Hall–Kier alpha value is -3.22. The van der Waals surface area contributed by atoms with Crippen molar-refractivity contribution in [3.8, 4) is 11.5 Å². The highest BCUT2D eigenvalue weighted by Gasteiger charge is 2.13. The summed E-state index contributed by atoms with van der Waals surface area (Å²) in [4.78, 5) is 23.9. The van der Waals surface area contributed by atoms with Gasteiger partial charge in [0.2, 0.25) is 0 Å². The SMILES string of the molecule is COC(=O)c1ccccc1NC(=O)Nc1cc(OC)cc(OC)c1. The number of para-hydroxylation sites is 1. The lowest BCUT2D eigenvalue weighted by atomic mass is 10.2. The molecule has 0 aliphatic carbocycles. The van der Waals surface area contributed by atoms with Crippen LogP contribution < -0.4 is 20.1 Å². The molecule has 0 spiro atoms. The van der Waals surface area contributed by atoms with E-state index < -0.39 is 12.0 Å². The maximum Gasteiger partial charge on any atom is 0.339 e. The zero-order valence-electron chi connectivity index (χ0n) is 13.6. The molecule has 24 heavy (non-hydrogen) atoms. The monoisotopic (exact) mass is 330 g/mol. The lowest BCUT2D eigenvalue weighted by Crippen LogP contribution is -2.21. The number of nitrogens with one attached hydrogen (secondary N) is 2. The Labute approximate surface area is 139 Å². The number of anilines is 2. The van der Waals surface area contributed by atoms with E-state index in [1.807, 2.05) is 0 Å². The molecule has 2 amide bonds. The molecule has 2 aromatic carbocycles. The van der Waals surface area contributed by atoms with Crippen LogP contribution in [0.2, 0.25) is 0 Å². The number of methoxy groups -OCH3 is 3. The third-order valence-corrected chi connectivity index (χ3v) is 3.19. The Morgan fingerprint density at radius 2 is 1.50 bits per heavy atom. The lowest BCUT2D eigenvalue weighted by Gasteiger charge is -2.12. The molecule has 0 heterocycles. The molecule has 0 atom stereocenters. The van der Waals surface area contributed by atoms with Gasteiger partial charge in [0, 0.05) is 23.9 Å². The molecule has 2 N–H and O–H groups in total. The molecule has 0 radical (unpaired) electrons. The van der Waals surface area contributed by atoms with Crippen LogP contribution in [0.15, 0.2) is 42.5 Å². The van der Waals surface area contributed by atoms with Crippen molar-refractivity contribution >= 4 is 23.4 Å². The highest BCUT2D eigenvalue weighted by Crippen LogP contribution is 2.26. The normalized spacial score (nSPS) is 9.79. The van der Waals surface area contributed by atoms with Crippen LogP contribution in [0.4, 0.5) is 16.2 Å². The minimum Gasteiger partial charge on any atom is -0.497 e. The summed E-state index contributed by atoms with van der Waals surface area (Å²) in [5.74, 6) is 0.549. The first-order chi connectivity index (χ1) is 11.6. The maximum atomic E-state index is 12.2. The number of esters is 1. The highest BCUT2D eigenvalue weighted by molar-refractivity contribution is 6.05. The molecule has 0 aliphatic rings. The van der Waals surface area contributed by atoms with E-state index in [1.54, 1.807) is 42.5 Å². The van der Waals surface area contributed by atoms with E-state index in [2.05, 4.69) is 10.6 Å². The Kier molecular flexibility index (Phi) is 5.62. The zero-order valence-corrected chi connectivity index (χ0v) is 13.6. The van der Waals surface area contributed by atoms with E-state index in [-0.39, 0.29) is 5.56 Å². The average molecular weight is 330 g/mol. The summed E-state index contributed by atoms with van der Waals surface area (Å²) in [5.41, 5.74) is 1.09. The van der Waals surface area contributed by atoms with Gasteiger partial charge in [-0.1, -0.05) is 12.1 Å². The average Bonchev–Trinajstić information content (AvgIpc) is 2.60. The van der Waals surface area contributed by atoms with Crippen molar-refractivity contribution in [1.29, 1.82) is 0 Å². The number of hydrogen-bond donors (Lipinski definition) is 2. The second kappa shape index (κ2) is 7.87. The van der Waals surface area contributed by atoms with Crippen LogP contribution in [0.3, 0.4) is 0 Å². The van der Waals surface area contributed by atoms with Gasteiger partial charge < -0.3 is 24.8 Å². The number of rotatable bonds is 5. The number of urea groups is 1. The topological polar surface area (TPSA) is 85.9 Å². The highest BCUT2D eigenvalue weighted by atomic mass is 16.5. The number of hydrogen-bond acceptors (Lipinski definition) is 5. The van der Waals surface area contributed by atoms with E-state index >= 15 is 0 Å². The first-order valence-corrected chi connectivity index (χ1v) is 7.05. The van der Waals surface area contributed by atoms with Gasteiger partial charge in [-0.05, 0) is 12.1 Å². The minimum absolute atomic E-state index is 0.262. The third kappa shape index (κ3) is 4.16.